The van der Waals surface area contributed by atoms with Crippen LogP contribution in [0.4, 0.5) is 24.3 Å². The van der Waals surface area contributed by atoms with E-state index in [0.29, 0.717) is 34.3 Å². The Balaban J connectivity index is 1.37. The number of rotatable bonds is 5. The first-order chi connectivity index (χ1) is 18.3. The van der Waals surface area contributed by atoms with Gasteiger partial charge < -0.3 is 13.7 Å². The van der Waals surface area contributed by atoms with Gasteiger partial charge in [-0.3, -0.25) is 10.1 Å². The standard InChI is InChI=1S/C25H19F3N6O3S/c26-25(27,28)15-8-4-10-34(13-15)24-30-20-19(38-24)16(12-17(29-20)14-6-2-1-3-7-14)21(35)31-23-33-32-22(37-23)18-9-5-11-36-18/h1-3,5-7,9,11-12,15H,4,8,10,13H2,(H,31,33,35). The fraction of sp³-hybridized carbons (Fsp3) is 0.240. The molecule has 194 valence electrons. The van der Waals surface area contributed by atoms with E-state index in [0.717, 1.165) is 16.9 Å². The summed E-state index contributed by atoms with van der Waals surface area (Å²) >= 11 is 1.13. The molecule has 4 aromatic heterocycles. The number of hydrogen-bond acceptors (Lipinski definition) is 9. The molecule has 1 unspecified atom stereocenters. The molecular formula is C25H19F3N6O3S. The Hall–Kier alpha value is -4.26. The molecule has 1 aliphatic heterocycles. The van der Waals surface area contributed by atoms with Crippen molar-refractivity contribution in [3.8, 4) is 22.9 Å². The SMILES string of the molecule is O=C(Nc1nnc(-c2ccco2)o1)c1cc(-c2ccccc2)nc2nc(N3CCCC(C(F)(F)F)C3)sc12. The van der Waals surface area contributed by atoms with Crippen molar-refractivity contribution in [1.82, 2.24) is 20.2 Å². The third-order valence-corrected chi connectivity index (χ3v) is 7.34. The molecule has 1 aromatic carbocycles. The Morgan fingerprint density at radius 3 is 2.71 bits per heavy atom. The monoisotopic (exact) mass is 540 g/mol. The Morgan fingerprint density at radius 1 is 1.11 bits per heavy atom. The molecule has 0 bridgehead atoms. The third-order valence-electron chi connectivity index (χ3n) is 6.20. The van der Waals surface area contributed by atoms with Gasteiger partial charge in [-0.25, -0.2) is 4.98 Å². The largest absolute Gasteiger partial charge is 0.459 e. The topological polar surface area (TPSA) is 110 Å². The molecule has 13 heteroatoms. The number of benzene rings is 1. The van der Waals surface area contributed by atoms with E-state index in [1.807, 2.05) is 30.3 Å². The van der Waals surface area contributed by atoms with E-state index in [2.05, 4.69) is 25.5 Å². The van der Waals surface area contributed by atoms with Gasteiger partial charge in [-0.2, -0.15) is 18.2 Å². The number of nitrogens with one attached hydrogen (secondary N) is 1. The summed E-state index contributed by atoms with van der Waals surface area (Å²) in [5, 5.41) is 10.7. The minimum Gasteiger partial charge on any atom is -0.459 e. The summed E-state index contributed by atoms with van der Waals surface area (Å²) in [6.07, 6.45) is -2.35. The molecule has 1 saturated heterocycles. The molecule has 0 saturated carbocycles. The summed E-state index contributed by atoms with van der Waals surface area (Å²) in [6.45, 7) is 0.255. The minimum absolute atomic E-state index is 0.0825. The summed E-state index contributed by atoms with van der Waals surface area (Å²) in [6, 6.07) is 14.0. The fourth-order valence-corrected chi connectivity index (χ4v) is 5.37. The average molecular weight is 541 g/mol. The summed E-state index contributed by atoms with van der Waals surface area (Å²) in [5.41, 5.74) is 1.76. The van der Waals surface area contributed by atoms with Crippen LogP contribution in [0.1, 0.15) is 23.2 Å². The van der Waals surface area contributed by atoms with E-state index in [9.17, 15) is 18.0 Å². The first-order valence-corrected chi connectivity index (χ1v) is 12.5. The van der Waals surface area contributed by atoms with E-state index in [-0.39, 0.29) is 36.1 Å². The van der Waals surface area contributed by atoms with Crippen LogP contribution in [-0.4, -0.2) is 45.3 Å². The molecule has 1 atom stereocenters. The van der Waals surface area contributed by atoms with Crippen molar-refractivity contribution in [2.75, 3.05) is 23.3 Å². The molecule has 6 rings (SSSR count). The van der Waals surface area contributed by atoms with E-state index in [4.69, 9.17) is 8.83 Å². The number of aromatic nitrogens is 4. The molecule has 0 aliphatic carbocycles. The van der Waals surface area contributed by atoms with Crippen LogP contribution in [0, 0.1) is 5.92 Å². The highest BCUT2D eigenvalue weighted by Gasteiger charge is 2.42. The van der Waals surface area contributed by atoms with Gasteiger partial charge >= 0.3 is 12.2 Å². The van der Waals surface area contributed by atoms with Crippen molar-refractivity contribution in [3.05, 3.63) is 60.4 Å². The maximum atomic E-state index is 13.4. The fourth-order valence-electron chi connectivity index (χ4n) is 4.32. The van der Waals surface area contributed by atoms with Crippen LogP contribution in [0.2, 0.25) is 0 Å². The number of nitrogens with zero attached hydrogens (tertiary/aromatic N) is 5. The van der Waals surface area contributed by atoms with E-state index in [1.54, 1.807) is 23.1 Å². The van der Waals surface area contributed by atoms with Gasteiger partial charge in [0.1, 0.15) is 0 Å². The van der Waals surface area contributed by atoms with Gasteiger partial charge in [-0.1, -0.05) is 46.8 Å². The summed E-state index contributed by atoms with van der Waals surface area (Å²) < 4.78 is 51.4. The predicted octanol–water partition coefficient (Wildman–Crippen LogP) is 6.03. The highest BCUT2D eigenvalue weighted by Crippen LogP contribution is 2.38. The Labute approximate surface area is 217 Å². The molecule has 9 nitrogen and oxygen atoms in total. The predicted molar refractivity (Wildman–Crippen MR) is 134 cm³/mol. The highest BCUT2D eigenvalue weighted by atomic mass is 32.1. The molecule has 1 fully saturated rings. The molecule has 38 heavy (non-hydrogen) atoms. The van der Waals surface area contributed by atoms with Crippen LogP contribution in [-0.2, 0) is 0 Å². The number of hydrogen-bond donors (Lipinski definition) is 1. The number of carbonyl (C=O) groups excluding carboxylic acids is 1. The van der Waals surface area contributed by atoms with Gasteiger partial charge in [-0.05, 0) is 31.0 Å². The lowest BCUT2D eigenvalue weighted by atomic mass is 9.98. The lowest BCUT2D eigenvalue weighted by Gasteiger charge is -2.33. The van der Waals surface area contributed by atoms with Crippen molar-refractivity contribution >= 4 is 38.7 Å². The zero-order valence-corrected chi connectivity index (χ0v) is 20.4. The number of halogens is 3. The number of furan rings is 1. The van der Waals surface area contributed by atoms with Crippen molar-refractivity contribution in [2.24, 2.45) is 5.92 Å². The smallest absolute Gasteiger partial charge is 0.393 e. The molecule has 1 amide bonds. The second kappa shape index (κ2) is 9.56. The van der Waals surface area contributed by atoms with Crippen LogP contribution in [0.15, 0.2) is 63.6 Å². The van der Waals surface area contributed by atoms with Crippen LogP contribution in [0.5, 0.6) is 0 Å². The second-order valence-electron chi connectivity index (χ2n) is 8.74. The maximum Gasteiger partial charge on any atom is 0.393 e. The molecule has 1 N–H and O–H groups in total. The molecule has 0 radical (unpaired) electrons. The number of carbonyl (C=O) groups is 1. The lowest BCUT2D eigenvalue weighted by Crippen LogP contribution is -2.41. The van der Waals surface area contributed by atoms with Crippen molar-refractivity contribution < 1.29 is 26.8 Å². The first-order valence-electron chi connectivity index (χ1n) is 11.7. The molecule has 5 heterocycles. The van der Waals surface area contributed by atoms with Crippen molar-refractivity contribution in [3.63, 3.8) is 0 Å². The second-order valence-corrected chi connectivity index (χ2v) is 9.72. The average Bonchev–Trinajstić information content (AvgIpc) is 3.69. The number of amides is 1. The van der Waals surface area contributed by atoms with Crippen LogP contribution >= 0.6 is 11.3 Å². The Morgan fingerprint density at radius 2 is 1.95 bits per heavy atom. The Bertz CT molecular complexity index is 1580. The normalized spacial score (nSPS) is 16.2. The van der Waals surface area contributed by atoms with Gasteiger partial charge in [0, 0.05) is 18.7 Å². The van der Waals surface area contributed by atoms with Gasteiger partial charge in [0.15, 0.2) is 16.5 Å². The molecule has 1 aliphatic rings. The molecular weight excluding hydrogens is 521 g/mol. The summed E-state index contributed by atoms with van der Waals surface area (Å²) in [7, 11) is 0. The number of thiazole rings is 1. The van der Waals surface area contributed by atoms with E-state index in [1.165, 1.54) is 6.26 Å². The number of piperidine rings is 1. The van der Waals surface area contributed by atoms with Crippen LogP contribution in [0.3, 0.4) is 0 Å². The van der Waals surface area contributed by atoms with Crippen molar-refractivity contribution in [2.45, 2.75) is 19.0 Å². The third kappa shape index (κ3) is 4.72. The van der Waals surface area contributed by atoms with E-state index >= 15 is 0 Å². The summed E-state index contributed by atoms with van der Waals surface area (Å²) in [4.78, 5) is 24.2. The first kappa shape index (κ1) is 24.1. The number of anilines is 2. The summed E-state index contributed by atoms with van der Waals surface area (Å²) in [5.74, 6) is -1.54. The zero-order chi connectivity index (χ0) is 26.3. The number of fused-ring (bicyclic) bond motifs is 1. The number of pyridine rings is 1. The maximum absolute atomic E-state index is 13.4. The molecule has 5 aromatic rings. The Kier molecular flexibility index (Phi) is 6.06. The van der Waals surface area contributed by atoms with Crippen molar-refractivity contribution in [1.29, 1.82) is 0 Å². The number of alkyl halides is 3. The highest BCUT2D eigenvalue weighted by molar-refractivity contribution is 7.22. The molecule has 0 spiro atoms. The van der Waals surface area contributed by atoms with Gasteiger partial charge in [-0.15, -0.1) is 5.10 Å². The van der Waals surface area contributed by atoms with Gasteiger partial charge in [0.25, 0.3) is 11.8 Å². The van der Waals surface area contributed by atoms with Crippen LogP contribution in [0.25, 0.3) is 33.3 Å². The zero-order valence-electron chi connectivity index (χ0n) is 19.6. The quantitative estimate of drug-likeness (QED) is 0.288. The van der Waals surface area contributed by atoms with Gasteiger partial charge in [0.05, 0.1) is 28.1 Å². The minimum atomic E-state index is -4.28. The lowest BCUT2D eigenvalue weighted by molar-refractivity contribution is -0.175. The van der Waals surface area contributed by atoms with Gasteiger partial charge in [0.2, 0.25) is 0 Å². The van der Waals surface area contributed by atoms with E-state index < -0.39 is 18.0 Å². The van der Waals surface area contributed by atoms with Crippen LogP contribution < -0.4 is 10.2 Å².